The van der Waals surface area contributed by atoms with Gasteiger partial charge in [-0.1, -0.05) is 127 Å². The van der Waals surface area contributed by atoms with E-state index >= 15 is 0 Å². The molecule has 17 fully saturated rings. The molecule has 0 saturated heterocycles. The van der Waals surface area contributed by atoms with Crippen molar-refractivity contribution < 1.29 is 114 Å². The molecule has 12 bridgehead atoms. The van der Waals surface area contributed by atoms with Crippen LogP contribution in [0.15, 0.2) is 0 Å². The van der Waals surface area contributed by atoms with Gasteiger partial charge in [0.05, 0.1) is 43.3 Å². The van der Waals surface area contributed by atoms with E-state index in [1.165, 1.54) is 109 Å². The van der Waals surface area contributed by atoms with Crippen LogP contribution in [-0.4, -0.2) is 143 Å². The number of rotatable bonds is 37. The summed E-state index contributed by atoms with van der Waals surface area (Å²) in [5.41, 5.74) is -7.25. The van der Waals surface area contributed by atoms with E-state index in [1.54, 1.807) is 13.8 Å². The highest BCUT2D eigenvalue weighted by atomic mass is 16.6. The van der Waals surface area contributed by atoms with Crippen molar-refractivity contribution in [2.75, 3.05) is 26.4 Å². The van der Waals surface area contributed by atoms with Crippen molar-refractivity contribution >= 4 is 71.6 Å². The fourth-order valence-corrected chi connectivity index (χ4v) is 27.0. The van der Waals surface area contributed by atoms with E-state index in [0.717, 1.165) is 172 Å². The second-order valence-electron chi connectivity index (χ2n) is 53.5. The quantitative estimate of drug-likeness (QED) is 0.0412. The summed E-state index contributed by atoms with van der Waals surface area (Å²) < 4.78 is 68.3. The molecular formula is C120H200O24. The van der Waals surface area contributed by atoms with E-state index in [4.69, 9.17) is 56.8 Å². The average Bonchev–Trinajstić information content (AvgIpc) is 0.882. The van der Waals surface area contributed by atoms with Crippen LogP contribution >= 0.6 is 0 Å². The maximum Gasteiger partial charge on any atom is 0.344 e. The lowest BCUT2D eigenvalue weighted by atomic mass is 9.47. The molecule has 17 aliphatic rings. The van der Waals surface area contributed by atoms with Crippen LogP contribution in [0.5, 0.6) is 0 Å². The SMILES string of the molecule is CCC(C)(C)C(=O)OC12CC3CC(C1)CC(C(=O)OC1(C)C4CC5CC(C4)CC1C5)(C3)C2.CCC(C)(C)C(=O)OC12CC3CC(C1)CC(C(=O)OC1(C)CCCCC1)(C3)C2.CCC(C)(C)C(=O)OCC(=O)OC(C)(C)C1CC1.CCC(C)(C)C(=O)OCC(=O)OC(C)(C)C1CCCCC1.CCC(C)(C)C(=O)OCC(=O)OC(C)(CC)C1CCCCC1.CCC(C)(C)C(=O)OCC(=O)OC(CC)(CC)C1CCCCC1. The molecule has 0 aliphatic heterocycles. The number of hydrogen-bond acceptors (Lipinski definition) is 24. The van der Waals surface area contributed by atoms with Gasteiger partial charge in [-0.2, -0.15) is 0 Å². The van der Waals surface area contributed by atoms with Gasteiger partial charge in [0.1, 0.15) is 44.8 Å². The van der Waals surface area contributed by atoms with Gasteiger partial charge in [-0.15, -0.1) is 0 Å². The smallest absolute Gasteiger partial charge is 0.344 e. The average molecular weight is 2030 g/mol. The lowest BCUT2D eigenvalue weighted by molar-refractivity contribution is -0.238. The molecule has 17 aliphatic carbocycles. The highest BCUT2D eigenvalue weighted by molar-refractivity contribution is 5.84. The first-order chi connectivity index (χ1) is 67.1. The highest BCUT2D eigenvalue weighted by Crippen LogP contribution is 2.67. The second kappa shape index (κ2) is 49.4. The maximum atomic E-state index is 14.0. The molecule has 5 atom stereocenters. The summed E-state index contributed by atoms with van der Waals surface area (Å²) in [6.07, 6.45) is 49.7. The first-order valence-electron chi connectivity index (χ1n) is 57.6. The number of carbonyl (C=O) groups excluding carboxylic acids is 12. The zero-order chi connectivity index (χ0) is 107. The molecule has 0 N–H and O–H groups in total. The van der Waals surface area contributed by atoms with Crippen LogP contribution in [0.1, 0.15) is 502 Å². The van der Waals surface area contributed by atoms with Gasteiger partial charge >= 0.3 is 71.6 Å². The van der Waals surface area contributed by atoms with Crippen molar-refractivity contribution in [3.8, 4) is 0 Å². The topological polar surface area (TPSA) is 316 Å². The van der Waals surface area contributed by atoms with Gasteiger partial charge < -0.3 is 56.8 Å². The Balaban J connectivity index is 0.000000195. The van der Waals surface area contributed by atoms with Crippen LogP contribution in [0, 0.1) is 114 Å². The summed E-state index contributed by atoms with van der Waals surface area (Å²) in [5.74, 6) is 3.21. The number of ether oxygens (including phenoxy) is 12. The second-order valence-corrected chi connectivity index (χ2v) is 53.5. The van der Waals surface area contributed by atoms with Crippen LogP contribution in [0.25, 0.3) is 0 Å². The fraction of sp³-hybridized carbons (Fsp3) is 0.900. The minimum Gasteiger partial charge on any atom is -0.459 e. The van der Waals surface area contributed by atoms with E-state index in [0.29, 0.717) is 97.7 Å². The van der Waals surface area contributed by atoms with Crippen molar-refractivity contribution in [2.45, 2.75) is 547 Å². The largest absolute Gasteiger partial charge is 0.459 e. The maximum absolute atomic E-state index is 14.0. The Bertz CT molecular complexity index is 4230. The number of carbonyl (C=O) groups is 12. The lowest BCUT2D eigenvalue weighted by Crippen LogP contribution is -2.63. The standard InChI is InChI=1S/C28H42O4.C24H38O4.C19H34O4.C18H32O4.C17H30O4.C14H24O4/c1-5-25(2,3)23(29)32-28-14-19-7-20(15-28)13-27(12-19,16-28)24(30)31-26(4)21-8-17-6-18(10-21)11-22(26)9-17;1-5-21(2,3)19(25)28-24-14-17-11-18(15-24)13-23(12-17,16-24)20(26)27-22(4)9-7-6-8-10-22;1-6-18(4,5)17(21)22-14-16(20)23-19(7-2,8-3)15-12-10-9-11-13-15;1-6-17(3,4)16(20)21-13-15(19)22-18(5,7-2)14-11-9-8-10-12-14;1-6-16(2,3)15(19)20-12-14(18)21-17(4,5)13-10-8-7-9-11-13;1-6-13(2,3)12(16)17-9-11(15)18-14(4,5)10-7-8-10/h17-22H,5-16H2,1-4H3;17-18H,5-16H2,1-4H3;15H,6-14H2,1-5H3;14H,6-13H2,1-5H3;13H,6-12H2,1-5H3;10H,6-9H2,1-5H3. The molecule has 144 heavy (non-hydrogen) atoms. The van der Waals surface area contributed by atoms with Gasteiger partial charge in [0, 0.05) is 12.8 Å². The summed E-state index contributed by atoms with van der Waals surface area (Å²) in [6.45, 7) is 53.3. The predicted octanol–water partition coefficient (Wildman–Crippen LogP) is 27.1. The molecule has 24 nitrogen and oxygen atoms in total. The van der Waals surface area contributed by atoms with E-state index < -0.39 is 101 Å². The van der Waals surface area contributed by atoms with Crippen molar-refractivity contribution in [2.24, 2.45) is 114 Å². The Morgan fingerprint density at radius 2 is 0.542 bits per heavy atom. The van der Waals surface area contributed by atoms with Gasteiger partial charge in [-0.3, -0.25) is 38.4 Å². The molecule has 17 saturated carbocycles. The van der Waals surface area contributed by atoms with Gasteiger partial charge in [0.2, 0.25) is 0 Å². The van der Waals surface area contributed by atoms with E-state index in [-0.39, 0.29) is 85.4 Å². The Morgan fingerprint density at radius 1 is 0.264 bits per heavy atom. The Kier molecular flexibility index (Phi) is 41.5. The van der Waals surface area contributed by atoms with Crippen molar-refractivity contribution in [3.63, 3.8) is 0 Å². The summed E-state index contributed by atoms with van der Waals surface area (Å²) in [6, 6.07) is 0. The molecule has 0 amide bonds. The lowest BCUT2D eigenvalue weighted by Gasteiger charge is -2.62. The van der Waals surface area contributed by atoms with Gasteiger partial charge in [0.25, 0.3) is 0 Å². The monoisotopic (exact) mass is 2030 g/mol. The minimum absolute atomic E-state index is 0.00109. The normalized spacial score (nSPS) is 29.0. The number of esters is 12. The third-order valence-electron chi connectivity index (χ3n) is 39.0. The molecular weight excluding hydrogens is 1830 g/mol. The molecule has 0 aromatic rings. The van der Waals surface area contributed by atoms with Crippen molar-refractivity contribution in [3.05, 3.63) is 0 Å². The third-order valence-corrected chi connectivity index (χ3v) is 39.0. The van der Waals surface area contributed by atoms with Gasteiger partial charge in [-0.05, 0) is 434 Å². The molecule has 24 heteroatoms. The van der Waals surface area contributed by atoms with Crippen LogP contribution in [0.2, 0.25) is 0 Å². The van der Waals surface area contributed by atoms with E-state index in [1.807, 2.05) is 152 Å². The zero-order valence-electron chi connectivity index (χ0n) is 95.5. The molecule has 0 radical (unpaired) electrons. The highest BCUT2D eigenvalue weighted by Gasteiger charge is 2.68. The molecule has 0 aromatic carbocycles. The summed E-state index contributed by atoms with van der Waals surface area (Å²) in [5, 5.41) is 0. The Hall–Kier alpha value is -6.36. The molecule has 17 rings (SSSR count). The van der Waals surface area contributed by atoms with Crippen LogP contribution in [-0.2, 0) is 114 Å². The van der Waals surface area contributed by atoms with Crippen molar-refractivity contribution in [1.82, 2.24) is 0 Å². The fourth-order valence-electron chi connectivity index (χ4n) is 27.0. The molecule has 0 spiro atoms. The summed E-state index contributed by atoms with van der Waals surface area (Å²) in [4.78, 5) is 149. The Labute approximate surface area is 868 Å². The first-order valence-corrected chi connectivity index (χ1v) is 57.6. The zero-order valence-corrected chi connectivity index (χ0v) is 95.5. The molecule has 824 valence electrons. The third kappa shape index (κ3) is 31.0. The van der Waals surface area contributed by atoms with Gasteiger partial charge in [-0.25, -0.2) is 19.2 Å². The van der Waals surface area contributed by atoms with Crippen LogP contribution < -0.4 is 0 Å². The van der Waals surface area contributed by atoms with Gasteiger partial charge in [0.15, 0.2) is 26.4 Å². The Morgan fingerprint density at radius 3 is 0.854 bits per heavy atom. The predicted molar refractivity (Wildman–Crippen MR) is 556 cm³/mol. The summed E-state index contributed by atoms with van der Waals surface area (Å²) in [7, 11) is 0. The summed E-state index contributed by atoms with van der Waals surface area (Å²) >= 11 is 0. The molecule has 0 aromatic heterocycles. The van der Waals surface area contributed by atoms with Crippen molar-refractivity contribution in [1.29, 1.82) is 0 Å². The first kappa shape index (κ1) is 121. The van der Waals surface area contributed by atoms with E-state index in [9.17, 15) is 57.5 Å². The minimum atomic E-state index is -0.559. The van der Waals surface area contributed by atoms with E-state index in [2.05, 4.69) is 27.7 Å². The van der Waals surface area contributed by atoms with Crippen LogP contribution in [0.3, 0.4) is 0 Å². The number of hydrogen-bond donors (Lipinski definition) is 0. The molecule has 5 unspecified atom stereocenters. The molecule has 0 heterocycles. The van der Waals surface area contributed by atoms with Crippen LogP contribution in [0.4, 0.5) is 0 Å².